The highest BCUT2D eigenvalue weighted by Gasteiger charge is 2.16. The first-order valence-electron chi connectivity index (χ1n) is 14.7. The fraction of sp³-hybridized carbons (Fsp3) is 0. The Labute approximate surface area is 258 Å². The van der Waals surface area contributed by atoms with E-state index in [1.807, 2.05) is 30.3 Å². The van der Waals surface area contributed by atoms with Crippen molar-refractivity contribution in [3.05, 3.63) is 170 Å². The highest BCUT2D eigenvalue weighted by atomic mass is 16.4. The van der Waals surface area contributed by atoms with Crippen LogP contribution in [0.15, 0.2) is 170 Å². The summed E-state index contributed by atoms with van der Waals surface area (Å²) in [6, 6.07) is 58.6. The van der Waals surface area contributed by atoms with Gasteiger partial charge in [0.05, 0.1) is 0 Å². The van der Waals surface area contributed by atoms with Gasteiger partial charge in [-0.05, 0) is 92.1 Å². The predicted molar refractivity (Wildman–Crippen MR) is 185 cm³/mol. The van der Waals surface area contributed by atoms with Gasteiger partial charge in [0.2, 0.25) is 0 Å². The van der Waals surface area contributed by atoms with E-state index in [2.05, 4.69) is 138 Å². The zero-order valence-electron chi connectivity index (χ0n) is 24.1. The fourth-order valence-electron chi connectivity index (χ4n) is 5.74. The Morgan fingerprint density at radius 2 is 0.773 bits per heavy atom. The zero-order valence-corrected chi connectivity index (χ0v) is 24.1. The molecule has 210 valence electrons. The number of nitrogens with zero attached hydrogens (tertiary/aromatic N) is 1. The Morgan fingerprint density at radius 1 is 0.341 bits per heavy atom. The van der Waals surface area contributed by atoms with E-state index in [4.69, 9.17) is 0 Å². The van der Waals surface area contributed by atoms with Crippen LogP contribution in [-0.2, 0) is 0 Å². The van der Waals surface area contributed by atoms with Crippen molar-refractivity contribution in [1.29, 1.82) is 0 Å². The quantitative estimate of drug-likeness (QED) is 0.189. The molecule has 0 bridgehead atoms. The van der Waals surface area contributed by atoms with E-state index in [0.717, 1.165) is 39.0 Å². The molecular formula is C40H30BNO2. The molecule has 0 amide bonds. The molecule has 0 aromatic heterocycles. The van der Waals surface area contributed by atoms with Gasteiger partial charge in [-0.2, -0.15) is 0 Å². The van der Waals surface area contributed by atoms with Crippen molar-refractivity contribution >= 4 is 40.4 Å². The second-order valence-corrected chi connectivity index (χ2v) is 10.9. The molecule has 0 aliphatic rings. The van der Waals surface area contributed by atoms with Gasteiger partial charge in [0.25, 0.3) is 0 Å². The van der Waals surface area contributed by atoms with Crippen molar-refractivity contribution < 1.29 is 10.0 Å². The standard InChI is InChI=1S/C40H30BNO2/c43-41(44)37-20-14-36-28-40(25-19-35(36)27-37)42(38-21-15-31(16-22-38)29-8-3-1-4-9-29)39-23-17-32(18-24-39)34-13-7-12-33(26-34)30-10-5-2-6-11-30/h1-28,43-44H. The summed E-state index contributed by atoms with van der Waals surface area (Å²) in [6.45, 7) is 0. The van der Waals surface area contributed by atoms with E-state index in [0.29, 0.717) is 5.46 Å². The van der Waals surface area contributed by atoms with Crippen LogP contribution in [0.5, 0.6) is 0 Å². The second kappa shape index (κ2) is 12.1. The number of hydrogen-bond donors (Lipinski definition) is 2. The summed E-state index contributed by atoms with van der Waals surface area (Å²) in [5.74, 6) is 0. The van der Waals surface area contributed by atoms with Crippen molar-refractivity contribution in [2.75, 3.05) is 4.90 Å². The number of rotatable bonds is 7. The predicted octanol–water partition coefficient (Wildman–Crippen LogP) is 8.99. The molecule has 7 aromatic carbocycles. The number of fused-ring (bicyclic) bond motifs is 1. The van der Waals surface area contributed by atoms with Gasteiger partial charge in [0.15, 0.2) is 0 Å². The highest BCUT2D eigenvalue weighted by Crippen LogP contribution is 2.38. The summed E-state index contributed by atoms with van der Waals surface area (Å²) >= 11 is 0. The van der Waals surface area contributed by atoms with Crippen molar-refractivity contribution in [2.24, 2.45) is 0 Å². The van der Waals surface area contributed by atoms with Crippen LogP contribution in [0.4, 0.5) is 17.1 Å². The van der Waals surface area contributed by atoms with E-state index in [-0.39, 0.29) is 0 Å². The Kier molecular flexibility index (Phi) is 7.52. The lowest BCUT2D eigenvalue weighted by molar-refractivity contribution is 0.426. The Bertz CT molecular complexity index is 2020. The lowest BCUT2D eigenvalue weighted by Crippen LogP contribution is -2.29. The molecule has 0 aliphatic heterocycles. The molecule has 0 unspecified atom stereocenters. The summed E-state index contributed by atoms with van der Waals surface area (Å²) < 4.78 is 0. The maximum absolute atomic E-state index is 9.65. The van der Waals surface area contributed by atoms with E-state index >= 15 is 0 Å². The highest BCUT2D eigenvalue weighted by molar-refractivity contribution is 6.58. The lowest BCUT2D eigenvalue weighted by Gasteiger charge is -2.26. The van der Waals surface area contributed by atoms with E-state index < -0.39 is 7.12 Å². The minimum absolute atomic E-state index is 0.477. The molecule has 7 aromatic rings. The van der Waals surface area contributed by atoms with Gasteiger partial charge in [-0.15, -0.1) is 0 Å². The Hall–Kier alpha value is -5.42. The molecule has 7 rings (SSSR count). The first-order valence-corrected chi connectivity index (χ1v) is 14.7. The molecular weight excluding hydrogens is 537 g/mol. The van der Waals surface area contributed by atoms with Crippen LogP contribution in [0.25, 0.3) is 44.2 Å². The van der Waals surface area contributed by atoms with Gasteiger partial charge >= 0.3 is 7.12 Å². The summed E-state index contributed by atoms with van der Waals surface area (Å²) in [7, 11) is -1.49. The van der Waals surface area contributed by atoms with Crippen LogP contribution in [0.2, 0.25) is 0 Å². The van der Waals surface area contributed by atoms with Gasteiger partial charge in [0.1, 0.15) is 0 Å². The van der Waals surface area contributed by atoms with E-state index in [9.17, 15) is 10.0 Å². The van der Waals surface area contributed by atoms with Crippen molar-refractivity contribution in [3.8, 4) is 33.4 Å². The number of anilines is 3. The minimum atomic E-state index is -1.49. The van der Waals surface area contributed by atoms with Crippen LogP contribution >= 0.6 is 0 Å². The normalized spacial score (nSPS) is 11.0. The fourth-order valence-corrected chi connectivity index (χ4v) is 5.74. The smallest absolute Gasteiger partial charge is 0.423 e. The lowest BCUT2D eigenvalue weighted by atomic mass is 9.79. The Morgan fingerprint density at radius 3 is 1.34 bits per heavy atom. The third-order valence-electron chi connectivity index (χ3n) is 8.07. The maximum atomic E-state index is 9.65. The van der Waals surface area contributed by atoms with Crippen molar-refractivity contribution in [2.45, 2.75) is 0 Å². The molecule has 0 radical (unpaired) electrons. The molecule has 0 aliphatic carbocycles. The molecule has 4 heteroatoms. The van der Waals surface area contributed by atoms with E-state index in [1.165, 1.54) is 22.3 Å². The molecule has 44 heavy (non-hydrogen) atoms. The van der Waals surface area contributed by atoms with Crippen LogP contribution in [0.1, 0.15) is 0 Å². The van der Waals surface area contributed by atoms with Crippen molar-refractivity contribution in [3.63, 3.8) is 0 Å². The summed E-state index contributed by atoms with van der Waals surface area (Å²) in [5, 5.41) is 21.3. The largest absolute Gasteiger partial charge is 0.488 e. The monoisotopic (exact) mass is 567 g/mol. The van der Waals surface area contributed by atoms with E-state index in [1.54, 1.807) is 6.07 Å². The summed E-state index contributed by atoms with van der Waals surface area (Å²) in [6.07, 6.45) is 0. The van der Waals surface area contributed by atoms with Crippen LogP contribution in [0.3, 0.4) is 0 Å². The number of benzene rings is 7. The molecule has 2 N–H and O–H groups in total. The second-order valence-electron chi connectivity index (χ2n) is 10.9. The Balaban J connectivity index is 1.28. The van der Waals surface area contributed by atoms with Gasteiger partial charge < -0.3 is 14.9 Å². The van der Waals surface area contributed by atoms with Gasteiger partial charge in [-0.1, -0.05) is 127 Å². The molecule has 0 heterocycles. The molecule has 0 saturated heterocycles. The van der Waals surface area contributed by atoms with Gasteiger partial charge in [0, 0.05) is 17.1 Å². The minimum Gasteiger partial charge on any atom is -0.423 e. The first-order chi connectivity index (χ1) is 21.6. The SMILES string of the molecule is OB(O)c1ccc2cc(N(c3ccc(-c4ccccc4)cc3)c3ccc(-c4cccc(-c5ccccc5)c4)cc3)ccc2c1. The molecule has 0 fully saturated rings. The maximum Gasteiger partial charge on any atom is 0.488 e. The van der Waals surface area contributed by atoms with Crippen LogP contribution in [-0.4, -0.2) is 17.2 Å². The molecule has 0 spiro atoms. The summed E-state index contributed by atoms with van der Waals surface area (Å²) in [5.41, 5.74) is 10.6. The zero-order chi connectivity index (χ0) is 29.9. The topological polar surface area (TPSA) is 43.7 Å². The molecule has 0 atom stereocenters. The van der Waals surface area contributed by atoms with Crippen molar-refractivity contribution in [1.82, 2.24) is 0 Å². The van der Waals surface area contributed by atoms with Gasteiger partial charge in [-0.3, -0.25) is 0 Å². The summed E-state index contributed by atoms with van der Waals surface area (Å²) in [4.78, 5) is 2.26. The van der Waals surface area contributed by atoms with Gasteiger partial charge in [-0.25, -0.2) is 0 Å². The first kappa shape index (κ1) is 27.4. The molecule has 3 nitrogen and oxygen atoms in total. The van der Waals surface area contributed by atoms with Crippen LogP contribution < -0.4 is 10.4 Å². The number of hydrogen-bond acceptors (Lipinski definition) is 3. The molecule has 0 saturated carbocycles. The third-order valence-corrected chi connectivity index (χ3v) is 8.07. The van der Waals surface area contributed by atoms with Crippen LogP contribution in [0, 0.1) is 0 Å². The third kappa shape index (κ3) is 5.65. The average Bonchev–Trinajstić information content (AvgIpc) is 3.09. The average molecular weight is 567 g/mol.